The third-order valence-electron chi connectivity index (χ3n) is 3.14. The highest BCUT2D eigenvalue weighted by Crippen LogP contribution is 2.09. The van der Waals surface area contributed by atoms with Gasteiger partial charge in [0.05, 0.1) is 17.6 Å². The van der Waals surface area contributed by atoms with Crippen LogP contribution >= 0.6 is 11.6 Å². The number of hydrogen-bond donors (Lipinski definition) is 1. The Bertz CT molecular complexity index is 988. The van der Waals surface area contributed by atoms with Gasteiger partial charge in [0.1, 0.15) is 5.15 Å². The van der Waals surface area contributed by atoms with E-state index in [9.17, 15) is 13.2 Å². The van der Waals surface area contributed by atoms with Crippen LogP contribution in [0.1, 0.15) is 16.1 Å². The Morgan fingerprint density at radius 2 is 1.92 bits per heavy atom. The van der Waals surface area contributed by atoms with Crippen molar-refractivity contribution in [1.82, 2.24) is 24.7 Å². The number of para-hydroxylation sites is 1. The molecule has 0 spiro atoms. The Morgan fingerprint density at radius 3 is 2.60 bits per heavy atom. The summed E-state index contributed by atoms with van der Waals surface area (Å²) in [6, 6.07) is 12.0. The van der Waals surface area contributed by atoms with Crippen LogP contribution in [0.2, 0.25) is 5.15 Å². The Kier molecular flexibility index (Phi) is 4.77. The van der Waals surface area contributed by atoms with E-state index in [4.69, 9.17) is 11.6 Å². The molecule has 0 aliphatic heterocycles. The van der Waals surface area contributed by atoms with Crippen LogP contribution in [0.5, 0.6) is 0 Å². The fourth-order valence-electron chi connectivity index (χ4n) is 2.02. The first kappa shape index (κ1) is 17.1. The Hall–Kier alpha value is -2.78. The summed E-state index contributed by atoms with van der Waals surface area (Å²) < 4.78 is 27.5. The summed E-state index contributed by atoms with van der Waals surface area (Å²) in [4.78, 5) is 15.9. The second kappa shape index (κ2) is 6.99. The van der Waals surface area contributed by atoms with Crippen LogP contribution in [0.25, 0.3) is 5.69 Å². The molecular formula is C15H12ClN5O3S. The molecule has 0 aliphatic carbocycles. The maximum Gasteiger partial charge on any atom is 0.286 e. The number of carbonyl (C=O) groups excluding carboxylic acids is 1. The number of pyridine rings is 1. The lowest BCUT2D eigenvalue weighted by Crippen LogP contribution is -2.31. The largest absolute Gasteiger partial charge is 0.286 e. The van der Waals surface area contributed by atoms with Gasteiger partial charge in [-0.1, -0.05) is 41.1 Å². The monoisotopic (exact) mass is 377 g/mol. The normalized spacial score (nSPS) is 11.2. The van der Waals surface area contributed by atoms with Gasteiger partial charge in [-0.05, 0) is 23.8 Å². The molecule has 0 radical (unpaired) electrons. The predicted molar refractivity (Wildman–Crippen MR) is 90.7 cm³/mol. The standard InChI is InChI=1S/C15H12ClN5O3S/c16-14-7-6-11(8-17-14)10-25(23,24)19-15(22)13-9-21(20-18-13)12-4-2-1-3-5-12/h1-9H,10H2,(H,19,22). The molecule has 8 nitrogen and oxygen atoms in total. The van der Waals surface area contributed by atoms with Gasteiger partial charge in [0, 0.05) is 6.20 Å². The van der Waals surface area contributed by atoms with Crippen LogP contribution in [0, 0.1) is 0 Å². The van der Waals surface area contributed by atoms with E-state index in [1.807, 2.05) is 10.8 Å². The molecule has 0 atom stereocenters. The summed E-state index contributed by atoms with van der Waals surface area (Å²) in [5.41, 5.74) is 0.989. The maximum absolute atomic E-state index is 12.1. The van der Waals surface area contributed by atoms with Crippen LogP contribution in [-0.4, -0.2) is 34.3 Å². The Balaban J connectivity index is 1.71. The second-order valence-corrected chi connectivity index (χ2v) is 7.17. The van der Waals surface area contributed by atoms with Gasteiger partial charge < -0.3 is 0 Å². The van der Waals surface area contributed by atoms with E-state index in [1.54, 1.807) is 24.3 Å². The van der Waals surface area contributed by atoms with Gasteiger partial charge in [0.15, 0.2) is 5.69 Å². The molecule has 128 valence electrons. The van der Waals surface area contributed by atoms with E-state index in [2.05, 4.69) is 15.3 Å². The van der Waals surface area contributed by atoms with Gasteiger partial charge in [-0.2, -0.15) is 0 Å². The number of aromatic nitrogens is 4. The van der Waals surface area contributed by atoms with Crippen LogP contribution in [0.4, 0.5) is 0 Å². The molecular weight excluding hydrogens is 366 g/mol. The fourth-order valence-corrected chi connectivity index (χ4v) is 3.20. The molecule has 1 aromatic carbocycles. The molecule has 2 aromatic heterocycles. The van der Waals surface area contributed by atoms with Crippen molar-refractivity contribution in [3.63, 3.8) is 0 Å². The van der Waals surface area contributed by atoms with Gasteiger partial charge >= 0.3 is 0 Å². The number of nitrogens with zero attached hydrogens (tertiary/aromatic N) is 4. The molecule has 25 heavy (non-hydrogen) atoms. The number of rotatable bonds is 5. The molecule has 2 heterocycles. The highest BCUT2D eigenvalue weighted by molar-refractivity contribution is 7.89. The first-order chi connectivity index (χ1) is 11.9. The van der Waals surface area contributed by atoms with Crippen molar-refractivity contribution in [2.75, 3.05) is 0 Å². The van der Waals surface area contributed by atoms with Crippen molar-refractivity contribution >= 4 is 27.5 Å². The third-order valence-corrected chi connectivity index (χ3v) is 4.57. The lowest BCUT2D eigenvalue weighted by Gasteiger charge is -2.05. The van der Waals surface area contributed by atoms with Crippen molar-refractivity contribution in [3.05, 3.63) is 71.3 Å². The van der Waals surface area contributed by atoms with E-state index < -0.39 is 21.7 Å². The number of carbonyl (C=O) groups is 1. The molecule has 0 aliphatic rings. The maximum atomic E-state index is 12.1. The minimum absolute atomic E-state index is 0.110. The lowest BCUT2D eigenvalue weighted by molar-refractivity contribution is 0.0976. The van der Waals surface area contributed by atoms with Gasteiger partial charge in [-0.25, -0.2) is 22.8 Å². The van der Waals surface area contributed by atoms with E-state index in [0.29, 0.717) is 11.3 Å². The number of nitrogens with one attached hydrogen (secondary N) is 1. The van der Waals surface area contributed by atoms with Crippen molar-refractivity contribution < 1.29 is 13.2 Å². The first-order valence-electron chi connectivity index (χ1n) is 7.06. The Labute approximate surface area is 148 Å². The smallest absolute Gasteiger partial charge is 0.266 e. The topological polar surface area (TPSA) is 107 Å². The molecule has 0 fully saturated rings. The number of halogens is 1. The Morgan fingerprint density at radius 1 is 1.16 bits per heavy atom. The molecule has 0 unspecified atom stereocenters. The average molecular weight is 378 g/mol. The second-order valence-electron chi connectivity index (χ2n) is 5.06. The van der Waals surface area contributed by atoms with E-state index >= 15 is 0 Å². The molecule has 0 saturated carbocycles. The molecule has 3 rings (SSSR count). The van der Waals surface area contributed by atoms with Crippen LogP contribution in [0.15, 0.2) is 54.9 Å². The number of benzene rings is 1. The van der Waals surface area contributed by atoms with Gasteiger partial charge in [0.2, 0.25) is 10.0 Å². The molecule has 1 amide bonds. The fraction of sp³-hybridized carbons (Fsp3) is 0.0667. The highest BCUT2D eigenvalue weighted by atomic mass is 35.5. The highest BCUT2D eigenvalue weighted by Gasteiger charge is 2.19. The molecule has 10 heteroatoms. The van der Waals surface area contributed by atoms with Gasteiger partial charge in [-0.3, -0.25) is 4.79 Å². The van der Waals surface area contributed by atoms with E-state index in [1.165, 1.54) is 29.2 Å². The number of sulfonamides is 1. The summed E-state index contributed by atoms with van der Waals surface area (Å²) >= 11 is 5.65. The zero-order valence-corrected chi connectivity index (χ0v) is 14.3. The van der Waals surface area contributed by atoms with Crippen molar-refractivity contribution in [2.24, 2.45) is 0 Å². The summed E-state index contributed by atoms with van der Waals surface area (Å²) in [7, 11) is -3.91. The molecule has 1 N–H and O–H groups in total. The summed E-state index contributed by atoms with van der Waals surface area (Å²) in [5, 5.41) is 7.77. The van der Waals surface area contributed by atoms with Crippen molar-refractivity contribution in [2.45, 2.75) is 5.75 Å². The summed E-state index contributed by atoms with van der Waals surface area (Å²) in [5.74, 6) is -1.26. The van der Waals surface area contributed by atoms with Crippen LogP contribution < -0.4 is 4.72 Å². The van der Waals surface area contributed by atoms with E-state index in [0.717, 1.165) is 0 Å². The van der Waals surface area contributed by atoms with Crippen LogP contribution in [0.3, 0.4) is 0 Å². The molecule has 0 bridgehead atoms. The SMILES string of the molecule is O=C(NS(=O)(=O)Cc1ccc(Cl)nc1)c1cn(-c2ccccc2)nn1. The lowest BCUT2D eigenvalue weighted by atomic mass is 10.3. The summed E-state index contributed by atoms with van der Waals surface area (Å²) in [6.07, 6.45) is 2.68. The van der Waals surface area contributed by atoms with E-state index in [-0.39, 0.29) is 10.8 Å². The minimum atomic E-state index is -3.91. The molecule has 0 saturated heterocycles. The number of amides is 1. The van der Waals surface area contributed by atoms with Crippen molar-refractivity contribution in [3.8, 4) is 5.69 Å². The van der Waals surface area contributed by atoms with Gasteiger partial charge in [0.25, 0.3) is 5.91 Å². The van der Waals surface area contributed by atoms with Crippen LogP contribution in [-0.2, 0) is 15.8 Å². The third kappa shape index (κ3) is 4.40. The predicted octanol–water partition coefficient (Wildman–Crippen LogP) is 1.58. The van der Waals surface area contributed by atoms with Crippen molar-refractivity contribution in [1.29, 1.82) is 0 Å². The average Bonchev–Trinajstić information content (AvgIpc) is 3.07. The van der Waals surface area contributed by atoms with Gasteiger partial charge in [-0.15, -0.1) is 5.10 Å². The molecule has 3 aromatic rings. The zero-order chi connectivity index (χ0) is 17.9. The number of hydrogen-bond acceptors (Lipinski definition) is 6. The first-order valence-corrected chi connectivity index (χ1v) is 9.09. The quantitative estimate of drug-likeness (QED) is 0.676. The minimum Gasteiger partial charge on any atom is -0.266 e. The zero-order valence-electron chi connectivity index (χ0n) is 12.7. The summed E-state index contributed by atoms with van der Waals surface area (Å²) in [6.45, 7) is 0.